The molecule has 2 aromatic heterocycles. The van der Waals surface area contributed by atoms with Crippen molar-refractivity contribution in [3.05, 3.63) is 40.4 Å². The molecule has 0 aliphatic carbocycles. The second kappa shape index (κ2) is 4.82. The normalized spacial score (nSPS) is 12.9. The summed E-state index contributed by atoms with van der Waals surface area (Å²) in [7, 11) is 0. The third-order valence-corrected chi connectivity index (χ3v) is 4.14. The van der Waals surface area contributed by atoms with Gasteiger partial charge in [-0.25, -0.2) is 18.7 Å². The molecule has 0 aliphatic heterocycles. The Hall–Kier alpha value is -2.02. The average molecular weight is 294 g/mol. The lowest BCUT2D eigenvalue weighted by Crippen LogP contribution is -2.09. The molecule has 3 aromatic rings. The fourth-order valence-corrected chi connectivity index (χ4v) is 2.88. The summed E-state index contributed by atoms with van der Waals surface area (Å²) in [6.45, 7) is 2.46. The molecule has 1 atom stereocenters. The molecule has 0 saturated carbocycles. The highest BCUT2D eigenvalue weighted by molar-refractivity contribution is 7.09. The van der Waals surface area contributed by atoms with E-state index in [1.54, 1.807) is 10.8 Å². The van der Waals surface area contributed by atoms with Crippen molar-refractivity contribution < 1.29 is 8.78 Å². The minimum atomic E-state index is -0.702. The molecule has 3 rings (SSSR count). The summed E-state index contributed by atoms with van der Waals surface area (Å²) in [6.07, 6.45) is 1.73. The van der Waals surface area contributed by atoms with Gasteiger partial charge < -0.3 is 10.3 Å². The molecule has 2 heterocycles. The van der Waals surface area contributed by atoms with E-state index in [1.807, 2.05) is 12.3 Å². The van der Waals surface area contributed by atoms with Crippen LogP contribution in [0.25, 0.3) is 11.0 Å². The van der Waals surface area contributed by atoms with E-state index in [0.29, 0.717) is 12.1 Å². The highest BCUT2D eigenvalue weighted by Crippen LogP contribution is 2.26. The fraction of sp³-hybridized carbons (Fsp3) is 0.231. The fourth-order valence-electron chi connectivity index (χ4n) is 2.19. The number of nitrogen functional groups attached to an aromatic ring is 1. The molecule has 2 N–H and O–H groups in total. The highest BCUT2D eigenvalue weighted by Gasteiger charge is 2.17. The minimum absolute atomic E-state index is 0.0843. The number of thiazole rings is 1. The molecule has 0 spiro atoms. The Kier molecular flexibility index (Phi) is 3.13. The zero-order chi connectivity index (χ0) is 14.3. The quantitative estimate of drug-likeness (QED) is 0.807. The second-order valence-corrected chi connectivity index (χ2v) is 5.53. The summed E-state index contributed by atoms with van der Waals surface area (Å²) in [5.74, 6) is -1.08. The zero-order valence-corrected chi connectivity index (χ0v) is 11.5. The number of nitrogens with two attached hydrogens (primary N) is 1. The molecular weight excluding hydrogens is 282 g/mol. The van der Waals surface area contributed by atoms with Crippen LogP contribution in [0.1, 0.15) is 17.8 Å². The van der Waals surface area contributed by atoms with E-state index in [1.165, 1.54) is 17.4 Å². The van der Waals surface area contributed by atoms with Gasteiger partial charge in [-0.2, -0.15) is 0 Å². The maximum atomic E-state index is 13.7. The lowest BCUT2D eigenvalue weighted by Gasteiger charge is -2.11. The van der Waals surface area contributed by atoms with Crippen LogP contribution in [0.15, 0.2) is 23.7 Å². The van der Waals surface area contributed by atoms with Gasteiger partial charge in [0, 0.05) is 36.2 Å². The summed E-state index contributed by atoms with van der Waals surface area (Å²) in [5.41, 5.74) is 6.28. The topological polar surface area (TPSA) is 56.7 Å². The lowest BCUT2D eigenvalue weighted by atomic mass is 10.2. The van der Waals surface area contributed by atoms with Gasteiger partial charge in [-0.15, -0.1) is 11.3 Å². The third kappa shape index (κ3) is 2.14. The van der Waals surface area contributed by atoms with Crippen LogP contribution in [-0.2, 0) is 6.54 Å². The number of nitrogens with zero attached hydrogens (tertiary/aromatic N) is 3. The number of fused-ring (bicyclic) bond motifs is 1. The van der Waals surface area contributed by atoms with Gasteiger partial charge in [0.25, 0.3) is 0 Å². The lowest BCUT2D eigenvalue weighted by molar-refractivity contribution is 0.586. The first-order chi connectivity index (χ1) is 9.56. The largest absolute Gasteiger partial charge is 0.369 e. The van der Waals surface area contributed by atoms with Crippen LogP contribution >= 0.6 is 11.3 Å². The number of anilines is 1. The molecule has 0 fully saturated rings. The van der Waals surface area contributed by atoms with E-state index >= 15 is 0 Å². The molecule has 1 unspecified atom stereocenters. The number of imidazole rings is 1. The van der Waals surface area contributed by atoms with E-state index in [-0.39, 0.29) is 17.4 Å². The molecule has 0 saturated heterocycles. The van der Waals surface area contributed by atoms with Crippen molar-refractivity contribution in [2.45, 2.75) is 19.4 Å². The Morgan fingerprint density at radius 3 is 2.90 bits per heavy atom. The smallest absolute Gasteiger partial charge is 0.201 e. The van der Waals surface area contributed by atoms with Gasteiger partial charge in [-0.3, -0.25) is 0 Å². The molecule has 7 heteroatoms. The molecule has 0 bridgehead atoms. The number of rotatable bonds is 3. The molecule has 1 aromatic carbocycles. The molecule has 20 heavy (non-hydrogen) atoms. The number of halogens is 2. The maximum absolute atomic E-state index is 13.7. The summed E-state index contributed by atoms with van der Waals surface area (Å²) in [4.78, 5) is 8.21. The van der Waals surface area contributed by atoms with E-state index in [4.69, 9.17) is 5.73 Å². The third-order valence-electron chi connectivity index (χ3n) is 3.13. The van der Waals surface area contributed by atoms with Crippen LogP contribution in [0, 0.1) is 11.6 Å². The standard InChI is InChI=1S/C13H12F2N4S/c1-7(12-17-2-3-20-12)6-19-10-5-8(14)4-9(15)11(10)18-13(19)16/h2-5,7H,6H2,1H3,(H2,16,18). The van der Waals surface area contributed by atoms with Gasteiger partial charge in [0.05, 0.1) is 10.5 Å². The average Bonchev–Trinajstić information content (AvgIpc) is 3.00. The van der Waals surface area contributed by atoms with Gasteiger partial charge in [0.15, 0.2) is 5.82 Å². The minimum Gasteiger partial charge on any atom is -0.369 e. The monoisotopic (exact) mass is 294 g/mol. The Bertz CT molecular complexity index is 751. The van der Waals surface area contributed by atoms with Gasteiger partial charge in [-0.1, -0.05) is 6.92 Å². The molecular formula is C13H12F2N4S. The van der Waals surface area contributed by atoms with Crippen LogP contribution in [-0.4, -0.2) is 14.5 Å². The first kappa shape index (κ1) is 13.0. The molecule has 4 nitrogen and oxygen atoms in total. The predicted octanol–water partition coefficient (Wildman–Crippen LogP) is 3.16. The van der Waals surface area contributed by atoms with Gasteiger partial charge in [-0.05, 0) is 0 Å². The number of hydrogen-bond acceptors (Lipinski definition) is 4. The van der Waals surface area contributed by atoms with E-state index in [0.717, 1.165) is 11.1 Å². The van der Waals surface area contributed by atoms with Gasteiger partial charge in [0.1, 0.15) is 11.3 Å². The summed E-state index contributed by atoms with van der Waals surface area (Å²) in [6, 6.07) is 2.06. The van der Waals surface area contributed by atoms with Crippen molar-refractivity contribution in [3.8, 4) is 0 Å². The second-order valence-electron chi connectivity index (χ2n) is 4.61. The Labute approximate surface area is 117 Å². The molecule has 0 amide bonds. The summed E-state index contributed by atoms with van der Waals surface area (Å²) >= 11 is 1.54. The first-order valence-electron chi connectivity index (χ1n) is 6.06. The molecule has 0 aliphatic rings. The SMILES string of the molecule is CC(Cn1c(N)nc2c(F)cc(F)cc21)c1nccs1. The van der Waals surface area contributed by atoms with Crippen molar-refractivity contribution in [1.82, 2.24) is 14.5 Å². The van der Waals surface area contributed by atoms with Crippen molar-refractivity contribution in [2.24, 2.45) is 0 Å². The maximum Gasteiger partial charge on any atom is 0.201 e. The van der Waals surface area contributed by atoms with E-state index in [2.05, 4.69) is 9.97 Å². The summed E-state index contributed by atoms with van der Waals surface area (Å²) in [5, 5.41) is 2.84. The number of hydrogen-bond donors (Lipinski definition) is 1. The molecule has 0 radical (unpaired) electrons. The zero-order valence-electron chi connectivity index (χ0n) is 10.7. The number of benzene rings is 1. The predicted molar refractivity (Wildman–Crippen MR) is 74.6 cm³/mol. The Morgan fingerprint density at radius 2 is 2.20 bits per heavy atom. The van der Waals surface area contributed by atoms with Crippen molar-refractivity contribution in [3.63, 3.8) is 0 Å². The van der Waals surface area contributed by atoms with Crippen molar-refractivity contribution in [1.29, 1.82) is 0 Å². The van der Waals surface area contributed by atoms with Crippen LogP contribution in [0.3, 0.4) is 0 Å². The van der Waals surface area contributed by atoms with E-state index < -0.39 is 11.6 Å². The Balaban J connectivity index is 2.05. The van der Waals surface area contributed by atoms with Crippen molar-refractivity contribution in [2.75, 3.05) is 5.73 Å². The van der Waals surface area contributed by atoms with Crippen molar-refractivity contribution >= 4 is 28.3 Å². The van der Waals surface area contributed by atoms with Crippen LogP contribution in [0.4, 0.5) is 14.7 Å². The van der Waals surface area contributed by atoms with Gasteiger partial charge >= 0.3 is 0 Å². The Morgan fingerprint density at radius 1 is 1.40 bits per heavy atom. The van der Waals surface area contributed by atoms with Gasteiger partial charge in [0.2, 0.25) is 5.95 Å². The molecule has 104 valence electrons. The summed E-state index contributed by atoms with van der Waals surface area (Å²) < 4.78 is 28.7. The van der Waals surface area contributed by atoms with Crippen LogP contribution in [0.5, 0.6) is 0 Å². The van der Waals surface area contributed by atoms with Crippen LogP contribution < -0.4 is 5.73 Å². The first-order valence-corrected chi connectivity index (χ1v) is 6.94. The van der Waals surface area contributed by atoms with Crippen LogP contribution in [0.2, 0.25) is 0 Å². The number of aromatic nitrogens is 3. The highest BCUT2D eigenvalue weighted by atomic mass is 32.1. The van der Waals surface area contributed by atoms with E-state index in [9.17, 15) is 8.78 Å².